The zero-order valence-corrected chi connectivity index (χ0v) is 33.3. The number of phosphoric ester groups is 1. The summed E-state index contributed by atoms with van der Waals surface area (Å²) < 4.78 is 22.0. The number of rotatable bonds is 38. The van der Waals surface area contributed by atoms with Gasteiger partial charge in [-0.15, -0.1) is 0 Å². The first-order chi connectivity index (χ1) is 24.4. The first-order valence-corrected chi connectivity index (χ1v) is 22.1. The van der Waals surface area contributed by atoms with E-state index in [1.165, 1.54) is 128 Å². The van der Waals surface area contributed by atoms with Crippen LogP contribution < -0.4 is 11.1 Å². The number of allylic oxidation sites excluding steroid dienone is 5. The predicted octanol–water partition coefficient (Wildman–Crippen LogP) is 11.2. The summed E-state index contributed by atoms with van der Waals surface area (Å²) in [5.74, 6) is -0.209. The Morgan fingerprint density at radius 3 is 1.56 bits per heavy atom. The van der Waals surface area contributed by atoms with Crippen molar-refractivity contribution < 1.29 is 28.4 Å². The Kier molecular flexibility index (Phi) is 36.5. The van der Waals surface area contributed by atoms with Crippen LogP contribution in [-0.2, 0) is 18.4 Å². The number of phosphoric acid groups is 1. The van der Waals surface area contributed by atoms with Crippen molar-refractivity contribution in [1.29, 1.82) is 0 Å². The van der Waals surface area contributed by atoms with Gasteiger partial charge in [0.2, 0.25) is 5.91 Å². The second-order valence-electron chi connectivity index (χ2n) is 13.8. The zero-order chi connectivity index (χ0) is 36.8. The number of hydrogen-bond acceptors (Lipinski definition) is 6. The minimum Gasteiger partial charge on any atom is -0.387 e. The van der Waals surface area contributed by atoms with E-state index in [0.717, 1.165) is 38.5 Å². The monoisotopic (exact) mass is 727 g/mol. The molecular weight excluding hydrogens is 647 g/mol. The summed E-state index contributed by atoms with van der Waals surface area (Å²) in [6.45, 7) is 4.07. The van der Waals surface area contributed by atoms with Gasteiger partial charge in [0.25, 0.3) is 0 Å². The van der Waals surface area contributed by atoms with Crippen molar-refractivity contribution >= 4 is 13.7 Å². The van der Waals surface area contributed by atoms with Crippen molar-refractivity contribution in [2.24, 2.45) is 5.73 Å². The fourth-order valence-electron chi connectivity index (χ4n) is 5.79. The van der Waals surface area contributed by atoms with Crippen molar-refractivity contribution in [2.45, 2.75) is 199 Å². The highest BCUT2D eigenvalue weighted by atomic mass is 31.2. The molecule has 0 aliphatic rings. The highest BCUT2D eigenvalue weighted by Gasteiger charge is 2.26. The maximum Gasteiger partial charge on any atom is 0.472 e. The molecule has 8 nitrogen and oxygen atoms in total. The number of unbranched alkanes of at least 4 members (excludes halogenated alkanes) is 22. The van der Waals surface area contributed by atoms with E-state index in [2.05, 4.69) is 43.5 Å². The third-order valence-corrected chi connectivity index (χ3v) is 9.92. The molecule has 1 amide bonds. The van der Waals surface area contributed by atoms with Crippen LogP contribution in [0.4, 0.5) is 0 Å². The van der Waals surface area contributed by atoms with E-state index in [0.29, 0.717) is 6.42 Å². The van der Waals surface area contributed by atoms with Crippen LogP contribution in [0.5, 0.6) is 0 Å². The fraction of sp³-hybridized carbons (Fsp3) is 0.829. The molecule has 0 aromatic heterocycles. The van der Waals surface area contributed by atoms with Gasteiger partial charge in [-0.05, 0) is 57.8 Å². The third-order valence-electron chi connectivity index (χ3n) is 8.94. The molecule has 0 bridgehead atoms. The van der Waals surface area contributed by atoms with Crippen LogP contribution >= 0.6 is 7.82 Å². The molecule has 0 aliphatic carbocycles. The summed E-state index contributed by atoms with van der Waals surface area (Å²) in [6, 6.07) is -0.875. The maximum atomic E-state index is 12.7. The van der Waals surface area contributed by atoms with Crippen molar-refractivity contribution in [3.63, 3.8) is 0 Å². The number of aliphatic hydroxyl groups excluding tert-OH is 1. The number of nitrogens with one attached hydrogen (secondary N) is 1. The number of hydrogen-bond donors (Lipinski definition) is 4. The second-order valence-corrected chi connectivity index (χ2v) is 15.3. The lowest BCUT2D eigenvalue weighted by atomic mass is 10.0. The van der Waals surface area contributed by atoms with Crippen molar-refractivity contribution in [1.82, 2.24) is 5.32 Å². The number of nitrogens with two attached hydrogens (primary N) is 1. The van der Waals surface area contributed by atoms with Crippen LogP contribution in [0.3, 0.4) is 0 Å². The van der Waals surface area contributed by atoms with Gasteiger partial charge in [-0.2, -0.15) is 0 Å². The minimum atomic E-state index is -4.34. The predicted molar refractivity (Wildman–Crippen MR) is 212 cm³/mol. The summed E-state index contributed by atoms with van der Waals surface area (Å²) in [6.07, 6.45) is 43.5. The molecule has 3 atom stereocenters. The Labute approximate surface area is 308 Å². The van der Waals surface area contributed by atoms with Gasteiger partial charge in [-0.25, -0.2) is 4.57 Å². The number of aliphatic hydroxyl groups is 1. The highest BCUT2D eigenvalue weighted by molar-refractivity contribution is 7.47. The quantitative estimate of drug-likeness (QED) is 0.0283. The van der Waals surface area contributed by atoms with Gasteiger partial charge in [-0.3, -0.25) is 13.8 Å². The first kappa shape index (κ1) is 48.7. The fourth-order valence-corrected chi connectivity index (χ4v) is 6.55. The molecule has 0 spiro atoms. The van der Waals surface area contributed by atoms with Crippen molar-refractivity contribution in [3.8, 4) is 0 Å². The van der Waals surface area contributed by atoms with Gasteiger partial charge in [0.15, 0.2) is 0 Å². The SMILES string of the molecule is CCCCCC/C=C/CC/C=C/C(O)C(COP(=O)(O)OCCN)NC(=O)CCCCCCCCCCC/C=C\CCCCCCCCCC. The van der Waals surface area contributed by atoms with E-state index in [1.54, 1.807) is 6.08 Å². The van der Waals surface area contributed by atoms with Gasteiger partial charge in [0, 0.05) is 13.0 Å². The molecule has 5 N–H and O–H groups in total. The number of carbonyl (C=O) groups excluding carboxylic acids is 1. The van der Waals surface area contributed by atoms with Gasteiger partial charge in [-0.1, -0.05) is 159 Å². The molecule has 0 radical (unpaired) electrons. The summed E-state index contributed by atoms with van der Waals surface area (Å²) in [7, 11) is -4.34. The van der Waals surface area contributed by atoms with Crippen LogP contribution in [0.25, 0.3) is 0 Å². The summed E-state index contributed by atoms with van der Waals surface area (Å²) >= 11 is 0. The summed E-state index contributed by atoms with van der Waals surface area (Å²) in [5.41, 5.74) is 5.35. The van der Waals surface area contributed by atoms with Crippen LogP contribution in [0.2, 0.25) is 0 Å². The molecule has 294 valence electrons. The maximum absolute atomic E-state index is 12.7. The molecule has 0 aromatic carbocycles. The number of amides is 1. The van der Waals surface area contributed by atoms with Crippen LogP contribution in [0, 0.1) is 0 Å². The Morgan fingerprint density at radius 2 is 1.06 bits per heavy atom. The Hall–Kier alpha value is -1.28. The van der Waals surface area contributed by atoms with E-state index < -0.39 is 20.0 Å². The average molecular weight is 727 g/mol. The Balaban J connectivity index is 4.15. The van der Waals surface area contributed by atoms with Crippen LogP contribution in [-0.4, -0.2) is 47.8 Å². The molecule has 0 fully saturated rings. The topological polar surface area (TPSA) is 131 Å². The van der Waals surface area contributed by atoms with Gasteiger partial charge in [0.1, 0.15) is 0 Å². The lowest BCUT2D eigenvalue weighted by molar-refractivity contribution is -0.123. The Morgan fingerprint density at radius 1 is 0.640 bits per heavy atom. The van der Waals surface area contributed by atoms with Gasteiger partial charge < -0.3 is 21.1 Å². The van der Waals surface area contributed by atoms with Crippen LogP contribution in [0.1, 0.15) is 187 Å². The van der Waals surface area contributed by atoms with E-state index in [4.69, 9.17) is 14.8 Å². The van der Waals surface area contributed by atoms with Crippen LogP contribution in [0.15, 0.2) is 36.5 Å². The second kappa shape index (κ2) is 37.5. The molecule has 0 rings (SSSR count). The molecule has 9 heteroatoms. The summed E-state index contributed by atoms with van der Waals surface area (Å²) in [5, 5.41) is 13.6. The molecule has 0 saturated carbocycles. The lowest BCUT2D eigenvalue weighted by Crippen LogP contribution is -2.45. The molecule has 0 aliphatic heterocycles. The van der Waals surface area contributed by atoms with Gasteiger partial charge in [0.05, 0.1) is 25.4 Å². The molecule has 3 unspecified atom stereocenters. The third kappa shape index (κ3) is 35.1. The average Bonchev–Trinajstić information content (AvgIpc) is 3.10. The van der Waals surface area contributed by atoms with E-state index >= 15 is 0 Å². The van der Waals surface area contributed by atoms with E-state index in [9.17, 15) is 19.4 Å². The van der Waals surface area contributed by atoms with Crippen molar-refractivity contribution in [3.05, 3.63) is 36.5 Å². The molecule has 0 heterocycles. The molecular formula is C41H79N2O6P. The smallest absolute Gasteiger partial charge is 0.387 e. The minimum absolute atomic E-state index is 0.0734. The Bertz CT molecular complexity index is 881. The van der Waals surface area contributed by atoms with Crippen molar-refractivity contribution in [2.75, 3.05) is 19.8 Å². The van der Waals surface area contributed by atoms with E-state index in [-0.39, 0.29) is 25.7 Å². The van der Waals surface area contributed by atoms with Gasteiger partial charge >= 0.3 is 7.82 Å². The highest BCUT2D eigenvalue weighted by Crippen LogP contribution is 2.43. The lowest BCUT2D eigenvalue weighted by Gasteiger charge is -2.23. The first-order valence-electron chi connectivity index (χ1n) is 20.6. The molecule has 0 saturated heterocycles. The normalized spacial score (nSPS) is 14.6. The standard InChI is InChI=1S/C41H79N2O6P/c1-3-5-7-9-11-13-15-16-17-18-19-20-21-22-23-24-25-27-29-31-33-35-41(45)43-39(38-49-50(46,47)48-37-36-42)40(44)34-32-30-28-26-14-12-10-8-6-4-2/h14,18-19,26,32,34,39-40,44H,3-13,15-17,20-25,27-31,33,35-38,42H2,1-2H3,(H,43,45)(H,46,47)/b19-18-,26-14+,34-32+. The molecule has 0 aromatic rings. The number of carbonyl (C=O) groups is 1. The zero-order valence-electron chi connectivity index (χ0n) is 32.4. The van der Waals surface area contributed by atoms with E-state index in [1.807, 2.05) is 6.08 Å². The largest absolute Gasteiger partial charge is 0.472 e. The molecule has 50 heavy (non-hydrogen) atoms. The summed E-state index contributed by atoms with van der Waals surface area (Å²) in [4.78, 5) is 22.6.